The Morgan fingerprint density at radius 3 is 2.48 bits per heavy atom. The van der Waals surface area contributed by atoms with Crippen LogP contribution in [0.25, 0.3) is 0 Å². The second-order valence-corrected chi connectivity index (χ2v) is 7.16. The number of likely N-dealkylation sites (tertiary alicyclic amines) is 1. The van der Waals surface area contributed by atoms with Crippen molar-refractivity contribution in [1.29, 1.82) is 0 Å². The number of ether oxygens (including phenoxy) is 2. The average Bonchev–Trinajstić information content (AvgIpc) is 3.21. The molecule has 1 aliphatic heterocycles. The first-order valence-electron chi connectivity index (χ1n) is 7.93. The maximum atomic E-state index is 12.5. The number of piperidine rings is 1. The number of esters is 1. The molecule has 0 aromatic rings. The van der Waals surface area contributed by atoms with Gasteiger partial charge in [0.1, 0.15) is 5.60 Å². The first-order valence-corrected chi connectivity index (χ1v) is 7.93. The second kappa shape index (κ2) is 5.85. The van der Waals surface area contributed by atoms with Crippen molar-refractivity contribution in [2.45, 2.75) is 59.0 Å². The van der Waals surface area contributed by atoms with Gasteiger partial charge in [-0.1, -0.05) is 0 Å². The molecule has 2 aliphatic rings. The molecule has 2 fully saturated rings. The highest BCUT2D eigenvalue weighted by Crippen LogP contribution is 2.51. The Balaban J connectivity index is 2.10. The highest BCUT2D eigenvalue weighted by Gasteiger charge is 2.54. The van der Waals surface area contributed by atoms with Crippen LogP contribution in [0.2, 0.25) is 0 Å². The average molecular weight is 297 g/mol. The molecule has 1 amide bonds. The van der Waals surface area contributed by atoms with Gasteiger partial charge in [0.05, 0.1) is 12.0 Å². The van der Waals surface area contributed by atoms with E-state index in [2.05, 4.69) is 0 Å². The molecule has 0 aromatic carbocycles. The fraction of sp³-hybridized carbons (Fsp3) is 0.875. The van der Waals surface area contributed by atoms with Crippen molar-refractivity contribution in [3.63, 3.8) is 0 Å². The Bertz CT molecular complexity index is 411. The molecule has 0 spiro atoms. The highest BCUT2D eigenvalue weighted by atomic mass is 16.6. The van der Waals surface area contributed by atoms with Gasteiger partial charge in [-0.15, -0.1) is 0 Å². The van der Waals surface area contributed by atoms with Gasteiger partial charge in [0.25, 0.3) is 0 Å². The minimum Gasteiger partial charge on any atom is -0.466 e. The Hall–Kier alpha value is -1.26. The molecule has 120 valence electrons. The zero-order chi connectivity index (χ0) is 15.7. The summed E-state index contributed by atoms with van der Waals surface area (Å²) in [6.45, 7) is 8.87. The number of amides is 1. The minimum absolute atomic E-state index is 0.138. The van der Waals surface area contributed by atoms with Crippen LogP contribution in [0.1, 0.15) is 53.4 Å². The highest BCUT2D eigenvalue weighted by molar-refractivity contribution is 5.79. The normalized spacial score (nSPS) is 26.4. The Labute approximate surface area is 127 Å². The lowest BCUT2D eigenvalue weighted by Crippen LogP contribution is -2.52. The summed E-state index contributed by atoms with van der Waals surface area (Å²) in [7, 11) is 0. The van der Waals surface area contributed by atoms with Crippen molar-refractivity contribution in [3.05, 3.63) is 0 Å². The van der Waals surface area contributed by atoms with Crippen LogP contribution in [0, 0.1) is 11.3 Å². The first-order chi connectivity index (χ1) is 9.78. The fourth-order valence-electron chi connectivity index (χ4n) is 3.14. The van der Waals surface area contributed by atoms with Gasteiger partial charge in [-0.05, 0) is 59.3 Å². The third-order valence-electron chi connectivity index (χ3n) is 4.22. The molecule has 1 aliphatic carbocycles. The lowest BCUT2D eigenvalue weighted by Gasteiger charge is -2.41. The predicted molar refractivity (Wildman–Crippen MR) is 78.8 cm³/mol. The maximum Gasteiger partial charge on any atom is 0.410 e. The first kappa shape index (κ1) is 16.1. The fourth-order valence-corrected chi connectivity index (χ4v) is 3.14. The van der Waals surface area contributed by atoms with Gasteiger partial charge in [0.15, 0.2) is 0 Å². The molecule has 1 saturated carbocycles. The molecule has 1 atom stereocenters. The summed E-state index contributed by atoms with van der Waals surface area (Å²) in [6.07, 6.45) is 3.43. The lowest BCUT2D eigenvalue weighted by atomic mass is 9.75. The van der Waals surface area contributed by atoms with Crippen LogP contribution in [0.3, 0.4) is 0 Å². The molecule has 5 heteroatoms. The number of nitrogens with zero attached hydrogens (tertiary/aromatic N) is 1. The van der Waals surface area contributed by atoms with Crippen molar-refractivity contribution in [1.82, 2.24) is 4.90 Å². The van der Waals surface area contributed by atoms with Crippen LogP contribution in [-0.4, -0.2) is 42.3 Å². The predicted octanol–water partition coefficient (Wildman–Crippen LogP) is 2.98. The largest absolute Gasteiger partial charge is 0.466 e. The number of hydrogen-bond acceptors (Lipinski definition) is 4. The van der Waals surface area contributed by atoms with Crippen molar-refractivity contribution < 1.29 is 19.1 Å². The lowest BCUT2D eigenvalue weighted by molar-refractivity contribution is -0.160. The Kier molecular flexibility index (Phi) is 4.49. The number of carbonyl (C=O) groups excluding carboxylic acids is 2. The Morgan fingerprint density at radius 2 is 1.95 bits per heavy atom. The van der Waals surface area contributed by atoms with E-state index in [0.29, 0.717) is 25.6 Å². The van der Waals surface area contributed by atoms with Crippen molar-refractivity contribution in [3.8, 4) is 0 Å². The summed E-state index contributed by atoms with van der Waals surface area (Å²) in [4.78, 5) is 26.4. The second-order valence-electron chi connectivity index (χ2n) is 7.16. The molecule has 5 nitrogen and oxygen atoms in total. The van der Waals surface area contributed by atoms with E-state index in [0.717, 1.165) is 25.7 Å². The van der Waals surface area contributed by atoms with Crippen molar-refractivity contribution >= 4 is 12.1 Å². The van der Waals surface area contributed by atoms with E-state index in [4.69, 9.17) is 9.47 Å². The third kappa shape index (κ3) is 3.69. The molecule has 0 unspecified atom stereocenters. The van der Waals surface area contributed by atoms with Crippen LogP contribution in [0.4, 0.5) is 4.79 Å². The number of rotatable bonds is 3. The zero-order valence-electron chi connectivity index (χ0n) is 13.6. The number of carbonyl (C=O) groups is 2. The van der Waals surface area contributed by atoms with E-state index in [1.807, 2.05) is 27.7 Å². The van der Waals surface area contributed by atoms with E-state index in [1.165, 1.54) is 0 Å². The van der Waals surface area contributed by atoms with E-state index >= 15 is 0 Å². The summed E-state index contributed by atoms with van der Waals surface area (Å²) in [5, 5.41) is 0. The molecule has 0 N–H and O–H groups in total. The van der Waals surface area contributed by atoms with Crippen LogP contribution in [0.15, 0.2) is 0 Å². The number of hydrogen-bond donors (Lipinski definition) is 0. The van der Waals surface area contributed by atoms with Crippen LogP contribution < -0.4 is 0 Å². The standard InChI is InChI=1S/C16H27NO4/c1-5-20-13(18)16(12-7-8-12)9-6-10-17(11-16)14(19)21-15(2,3)4/h12H,5-11H2,1-4H3/t16-/m1/s1. The van der Waals surface area contributed by atoms with E-state index < -0.39 is 11.0 Å². The van der Waals surface area contributed by atoms with Gasteiger partial charge in [-0.25, -0.2) is 4.79 Å². The van der Waals surface area contributed by atoms with Gasteiger partial charge in [0, 0.05) is 13.1 Å². The molecule has 1 saturated heterocycles. The van der Waals surface area contributed by atoms with Crippen molar-refractivity contribution in [2.75, 3.05) is 19.7 Å². The van der Waals surface area contributed by atoms with E-state index in [9.17, 15) is 9.59 Å². The van der Waals surface area contributed by atoms with Gasteiger partial charge in [0.2, 0.25) is 0 Å². The summed E-state index contributed by atoms with van der Waals surface area (Å²) < 4.78 is 10.7. The summed E-state index contributed by atoms with van der Waals surface area (Å²) in [5.74, 6) is 0.225. The molecular formula is C16H27NO4. The monoisotopic (exact) mass is 297 g/mol. The summed E-state index contributed by atoms with van der Waals surface area (Å²) in [5.41, 5.74) is -1.02. The van der Waals surface area contributed by atoms with Gasteiger partial charge >= 0.3 is 12.1 Å². The molecule has 21 heavy (non-hydrogen) atoms. The third-order valence-corrected chi connectivity index (χ3v) is 4.22. The van der Waals surface area contributed by atoms with Crippen LogP contribution in [-0.2, 0) is 14.3 Å². The topological polar surface area (TPSA) is 55.8 Å². The molecule has 0 bridgehead atoms. The van der Waals surface area contributed by atoms with Crippen molar-refractivity contribution in [2.24, 2.45) is 11.3 Å². The zero-order valence-corrected chi connectivity index (χ0v) is 13.6. The minimum atomic E-state index is -0.513. The van der Waals surface area contributed by atoms with Gasteiger partial charge < -0.3 is 14.4 Å². The summed E-state index contributed by atoms with van der Waals surface area (Å²) in [6, 6.07) is 0. The van der Waals surface area contributed by atoms with E-state index in [-0.39, 0.29) is 12.1 Å². The molecule has 2 rings (SSSR count). The van der Waals surface area contributed by atoms with Crippen LogP contribution in [0.5, 0.6) is 0 Å². The molecule has 1 heterocycles. The maximum absolute atomic E-state index is 12.5. The summed E-state index contributed by atoms with van der Waals surface area (Å²) >= 11 is 0. The molecular weight excluding hydrogens is 270 g/mol. The quantitative estimate of drug-likeness (QED) is 0.751. The Morgan fingerprint density at radius 1 is 1.29 bits per heavy atom. The van der Waals surface area contributed by atoms with E-state index in [1.54, 1.807) is 4.90 Å². The van der Waals surface area contributed by atoms with Crippen LogP contribution >= 0.6 is 0 Å². The smallest absolute Gasteiger partial charge is 0.410 e. The SMILES string of the molecule is CCOC(=O)[C@]1(C2CC2)CCCN(C(=O)OC(C)(C)C)C1. The molecule has 0 aromatic heterocycles. The van der Waals surface area contributed by atoms with Gasteiger partial charge in [-0.3, -0.25) is 4.79 Å². The van der Waals surface area contributed by atoms with Gasteiger partial charge in [-0.2, -0.15) is 0 Å². The molecule has 0 radical (unpaired) electrons.